The summed E-state index contributed by atoms with van der Waals surface area (Å²) < 4.78 is 18.6. The number of benzene rings is 1. The molecule has 0 aliphatic carbocycles. The fraction of sp³-hybridized carbons (Fsp3) is 0.278. The number of esters is 1. The minimum Gasteiger partial charge on any atom is -0.454 e. The number of likely N-dealkylation sites (N-methyl/N-ethyl adjacent to an activating group) is 1. The molecule has 1 aromatic heterocycles. The molecule has 0 aliphatic heterocycles. The Hall–Kier alpha value is -2.45. The second-order valence-electron chi connectivity index (χ2n) is 5.47. The Morgan fingerprint density at radius 1 is 1.26 bits per heavy atom. The number of carbonyl (C=O) groups is 3. The van der Waals surface area contributed by atoms with Crippen LogP contribution in [0.25, 0.3) is 0 Å². The zero-order valence-electron chi connectivity index (χ0n) is 14.5. The first-order valence-electron chi connectivity index (χ1n) is 8.10. The Balaban J connectivity index is 1.76. The van der Waals surface area contributed by atoms with Crippen molar-refractivity contribution in [3.63, 3.8) is 0 Å². The molecule has 2 rings (SSSR count). The Morgan fingerprint density at radius 2 is 2.04 bits per heavy atom. The Labute approximate surface area is 164 Å². The lowest BCUT2D eigenvalue weighted by Crippen LogP contribution is -2.36. The fourth-order valence-electron chi connectivity index (χ4n) is 2.17. The van der Waals surface area contributed by atoms with Crippen LogP contribution in [0, 0.1) is 5.82 Å². The average molecular weight is 413 g/mol. The minimum absolute atomic E-state index is 0.0886. The van der Waals surface area contributed by atoms with Gasteiger partial charge in [-0.1, -0.05) is 17.7 Å². The van der Waals surface area contributed by atoms with Gasteiger partial charge in [0.2, 0.25) is 0 Å². The van der Waals surface area contributed by atoms with Crippen molar-refractivity contribution in [1.82, 2.24) is 10.2 Å². The predicted octanol–water partition coefficient (Wildman–Crippen LogP) is 2.86. The lowest BCUT2D eigenvalue weighted by atomic mass is 10.2. The average Bonchev–Trinajstić information content (AvgIpc) is 3.07. The molecule has 0 fully saturated rings. The topological polar surface area (TPSA) is 75.7 Å². The molecular weight excluding hydrogens is 395 g/mol. The minimum atomic E-state index is -0.761. The van der Waals surface area contributed by atoms with Crippen LogP contribution in [0.5, 0.6) is 0 Å². The van der Waals surface area contributed by atoms with Crippen LogP contribution in [0.2, 0.25) is 4.34 Å². The molecule has 0 aliphatic rings. The molecule has 0 unspecified atom stereocenters. The maximum Gasteiger partial charge on any atom is 0.325 e. The van der Waals surface area contributed by atoms with E-state index in [1.807, 2.05) is 13.0 Å². The summed E-state index contributed by atoms with van der Waals surface area (Å²) in [6.07, 6.45) is 0. The molecule has 2 aromatic rings. The zero-order chi connectivity index (χ0) is 19.8. The van der Waals surface area contributed by atoms with Crippen LogP contribution >= 0.6 is 22.9 Å². The van der Waals surface area contributed by atoms with E-state index in [9.17, 15) is 18.8 Å². The van der Waals surface area contributed by atoms with Crippen molar-refractivity contribution >= 4 is 40.7 Å². The van der Waals surface area contributed by atoms with E-state index in [0.717, 1.165) is 10.9 Å². The smallest absolute Gasteiger partial charge is 0.325 e. The van der Waals surface area contributed by atoms with Crippen molar-refractivity contribution in [3.8, 4) is 0 Å². The van der Waals surface area contributed by atoms with E-state index in [-0.39, 0.29) is 11.5 Å². The highest BCUT2D eigenvalue weighted by atomic mass is 35.5. The molecule has 0 saturated carbocycles. The first-order chi connectivity index (χ1) is 12.9. The first-order valence-corrected chi connectivity index (χ1v) is 9.30. The second-order valence-corrected chi connectivity index (χ2v) is 7.27. The molecule has 9 heteroatoms. The number of ether oxygens (including phenoxy) is 1. The number of rotatable bonds is 8. The summed E-state index contributed by atoms with van der Waals surface area (Å²) in [5, 5.41) is 2.32. The third-order valence-electron chi connectivity index (χ3n) is 3.55. The van der Waals surface area contributed by atoms with Crippen LogP contribution in [-0.2, 0) is 20.9 Å². The van der Waals surface area contributed by atoms with Crippen molar-refractivity contribution in [1.29, 1.82) is 0 Å². The number of amides is 2. The van der Waals surface area contributed by atoms with Gasteiger partial charge in [0.25, 0.3) is 11.8 Å². The van der Waals surface area contributed by atoms with Gasteiger partial charge in [-0.2, -0.15) is 0 Å². The molecule has 1 aromatic carbocycles. The van der Waals surface area contributed by atoms with Crippen LogP contribution in [0.3, 0.4) is 0 Å². The third kappa shape index (κ3) is 6.65. The molecule has 2 amide bonds. The number of hydrogen-bond donors (Lipinski definition) is 1. The highest BCUT2D eigenvalue weighted by molar-refractivity contribution is 7.16. The number of nitrogens with one attached hydrogen (secondary N) is 1. The molecule has 0 bridgehead atoms. The normalized spacial score (nSPS) is 10.3. The molecule has 0 saturated heterocycles. The van der Waals surface area contributed by atoms with Crippen molar-refractivity contribution in [2.24, 2.45) is 0 Å². The number of halogens is 2. The number of thiophene rings is 1. The maximum absolute atomic E-state index is 13.1. The highest BCUT2D eigenvalue weighted by Gasteiger charge is 2.16. The summed E-state index contributed by atoms with van der Waals surface area (Å²) in [5.41, 5.74) is 0.0886. The molecule has 1 heterocycles. The quantitative estimate of drug-likeness (QED) is 0.676. The molecule has 0 radical (unpaired) electrons. The van der Waals surface area contributed by atoms with Gasteiger partial charge in [0, 0.05) is 17.0 Å². The Morgan fingerprint density at radius 3 is 2.67 bits per heavy atom. The van der Waals surface area contributed by atoms with Gasteiger partial charge in [0.05, 0.1) is 10.9 Å². The van der Waals surface area contributed by atoms with E-state index in [4.69, 9.17) is 16.3 Å². The summed E-state index contributed by atoms with van der Waals surface area (Å²) in [5.74, 6) is -2.28. The molecule has 0 atom stereocenters. The summed E-state index contributed by atoms with van der Waals surface area (Å²) in [7, 11) is 0. The van der Waals surface area contributed by atoms with Crippen molar-refractivity contribution in [2.45, 2.75) is 13.5 Å². The van der Waals surface area contributed by atoms with Crippen LogP contribution in [0.4, 0.5) is 4.39 Å². The fourth-order valence-corrected chi connectivity index (χ4v) is 3.27. The summed E-state index contributed by atoms with van der Waals surface area (Å²) in [6.45, 7) is 1.79. The lowest BCUT2D eigenvalue weighted by Gasteiger charge is -2.20. The van der Waals surface area contributed by atoms with Crippen LogP contribution < -0.4 is 5.32 Å². The molecule has 6 nitrogen and oxygen atoms in total. The monoisotopic (exact) mass is 412 g/mol. The predicted molar refractivity (Wildman–Crippen MR) is 100 cm³/mol. The zero-order valence-corrected chi connectivity index (χ0v) is 16.1. The SMILES string of the molecule is CCN(Cc1ccc(Cl)s1)C(=O)COC(=O)CNC(=O)c1cccc(F)c1. The molecule has 1 N–H and O–H groups in total. The third-order valence-corrected chi connectivity index (χ3v) is 4.76. The summed E-state index contributed by atoms with van der Waals surface area (Å²) >= 11 is 7.25. The van der Waals surface area contributed by atoms with Gasteiger partial charge >= 0.3 is 5.97 Å². The van der Waals surface area contributed by atoms with E-state index >= 15 is 0 Å². The van der Waals surface area contributed by atoms with Crippen LogP contribution in [-0.4, -0.2) is 42.4 Å². The number of nitrogens with zero attached hydrogens (tertiary/aromatic N) is 1. The van der Waals surface area contributed by atoms with Crippen molar-refractivity contribution < 1.29 is 23.5 Å². The van der Waals surface area contributed by atoms with Gasteiger partial charge in [0.15, 0.2) is 6.61 Å². The van der Waals surface area contributed by atoms with Crippen LogP contribution in [0.1, 0.15) is 22.2 Å². The summed E-state index contributed by atoms with van der Waals surface area (Å²) in [4.78, 5) is 38.2. The lowest BCUT2D eigenvalue weighted by molar-refractivity contribution is -0.151. The highest BCUT2D eigenvalue weighted by Crippen LogP contribution is 2.22. The molecule has 144 valence electrons. The number of hydrogen-bond acceptors (Lipinski definition) is 5. The molecule has 0 spiro atoms. The van der Waals surface area contributed by atoms with Gasteiger partial charge in [-0.05, 0) is 37.3 Å². The molecule has 27 heavy (non-hydrogen) atoms. The van der Waals surface area contributed by atoms with Gasteiger partial charge in [-0.3, -0.25) is 14.4 Å². The van der Waals surface area contributed by atoms with Gasteiger partial charge in [-0.25, -0.2) is 4.39 Å². The standard InChI is InChI=1S/C18H18ClFN2O4S/c1-2-22(10-14-6-7-15(19)27-14)16(23)11-26-17(24)9-21-18(25)12-4-3-5-13(20)8-12/h3-8H,2,9-11H2,1H3,(H,21,25). The summed E-state index contributed by atoms with van der Waals surface area (Å²) in [6, 6.07) is 8.66. The van der Waals surface area contributed by atoms with Gasteiger partial charge < -0.3 is 15.0 Å². The van der Waals surface area contributed by atoms with Gasteiger partial charge in [0.1, 0.15) is 12.4 Å². The van der Waals surface area contributed by atoms with E-state index in [1.165, 1.54) is 34.4 Å². The van der Waals surface area contributed by atoms with Crippen LogP contribution in [0.15, 0.2) is 36.4 Å². The van der Waals surface area contributed by atoms with E-state index in [2.05, 4.69) is 5.32 Å². The Kier molecular flexibility index (Phi) is 7.75. The molecular formula is C18H18ClFN2O4S. The second kappa shape index (κ2) is 10.0. The Bertz CT molecular complexity index is 827. The van der Waals surface area contributed by atoms with E-state index < -0.39 is 30.8 Å². The van der Waals surface area contributed by atoms with E-state index in [0.29, 0.717) is 17.4 Å². The number of carbonyl (C=O) groups excluding carboxylic acids is 3. The maximum atomic E-state index is 13.1. The van der Waals surface area contributed by atoms with Gasteiger partial charge in [-0.15, -0.1) is 11.3 Å². The van der Waals surface area contributed by atoms with Crippen molar-refractivity contribution in [3.05, 3.63) is 57.0 Å². The van der Waals surface area contributed by atoms with E-state index in [1.54, 1.807) is 6.07 Å². The largest absolute Gasteiger partial charge is 0.454 e. The first kappa shape index (κ1) is 20.9. The van der Waals surface area contributed by atoms with Crippen molar-refractivity contribution in [2.75, 3.05) is 19.7 Å².